The normalized spacial score (nSPS) is 10.4. The Morgan fingerprint density at radius 2 is 1.80 bits per heavy atom. The van der Waals surface area contributed by atoms with Crippen LogP contribution in [-0.4, -0.2) is 29.3 Å². The minimum absolute atomic E-state index is 0.0535. The number of carboxylic acid groups (broad SMARTS) is 1. The standard InChI is InChI=1S/C19H17NO4S/c1-13-5-7-15(8-6-13)23-9-10-24-16-4-2-3-14(11-16)18-20-17(12-25-18)19(21)22/h2-8,11-12H,9-10H2,1H3,(H,21,22). The summed E-state index contributed by atoms with van der Waals surface area (Å²) in [5, 5.41) is 11.1. The zero-order chi connectivity index (χ0) is 17.6. The van der Waals surface area contributed by atoms with Crippen molar-refractivity contribution in [1.29, 1.82) is 0 Å². The topological polar surface area (TPSA) is 68.7 Å². The van der Waals surface area contributed by atoms with Crippen LogP contribution in [0.5, 0.6) is 11.5 Å². The lowest BCUT2D eigenvalue weighted by Crippen LogP contribution is -2.08. The van der Waals surface area contributed by atoms with Crippen molar-refractivity contribution in [2.75, 3.05) is 13.2 Å². The Hall–Kier alpha value is -2.86. The first-order valence-electron chi connectivity index (χ1n) is 7.73. The highest BCUT2D eigenvalue weighted by Gasteiger charge is 2.10. The molecule has 0 aliphatic carbocycles. The zero-order valence-corrected chi connectivity index (χ0v) is 14.5. The predicted molar refractivity (Wildman–Crippen MR) is 96.7 cm³/mol. The summed E-state index contributed by atoms with van der Waals surface area (Å²) in [6.45, 7) is 2.88. The monoisotopic (exact) mass is 355 g/mol. The van der Waals surface area contributed by atoms with Crippen LogP contribution in [0.1, 0.15) is 16.1 Å². The van der Waals surface area contributed by atoms with E-state index in [1.54, 1.807) is 0 Å². The summed E-state index contributed by atoms with van der Waals surface area (Å²) in [6, 6.07) is 15.3. The van der Waals surface area contributed by atoms with E-state index < -0.39 is 5.97 Å². The number of rotatable bonds is 7. The molecule has 2 aromatic carbocycles. The summed E-state index contributed by atoms with van der Waals surface area (Å²) in [6.07, 6.45) is 0. The van der Waals surface area contributed by atoms with Crippen LogP contribution in [0.2, 0.25) is 0 Å². The number of hydrogen-bond acceptors (Lipinski definition) is 5. The van der Waals surface area contributed by atoms with Crippen molar-refractivity contribution < 1.29 is 19.4 Å². The van der Waals surface area contributed by atoms with Gasteiger partial charge in [0.25, 0.3) is 0 Å². The van der Waals surface area contributed by atoms with Crippen LogP contribution in [-0.2, 0) is 0 Å². The van der Waals surface area contributed by atoms with Gasteiger partial charge in [0.15, 0.2) is 5.69 Å². The second-order valence-corrected chi connectivity index (χ2v) is 6.24. The van der Waals surface area contributed by atoms with E-state index in [9.17, 15) is 4.79 Å². The minimum atomic E-state index is -1.02. The summed E-state index contributed by atoms with van der Waals surface area (Å²) >= 11 is 1.29. The Labute approximate surface area is 149 Å². The highest BCUT2D eigenvalue weighted by Crippen LogP contribution is 2.27. The minimum Gasteiger partial charge on any atom is -0.490 e. The lowest BCUT2D eigenvalue weighted by molar-refractivity contribution is 0.0691. The lowest BCUT2D eigenvalue weighted by atomic mass is 10.2. The number of carboxylic acids is 1. The van der Waals surface area contributed by atoms with Crippen LogP contribution in [0, 0.1) is 6.92 Å². The predicted octanol–water partition coefficient (Wildman–Crippen LogP) is 4.27. The van der Waals surface area contributed by atoms with Gasteiger partial charge in [-0.05, 0) is 31.2 Å². The molecule has 0 unspecified atom stereocenters. The number of benzene rings is 2. The van der Waals surface area contributed by atoms with E-state index in [0.29, 0.717) is 24.0 Å². The molecule has 1 heterocycles. The maximum absolute atomic E-state index is 10.9. The molecule has 0 fully saturated rings. The van der Waals surface area contributed by atoms with E-state index >= 15 is 0 Å². The molecule has 0 radical (unpaired) electrons. The fourth-order valence-corrected chi connectivity index (χ4v) is 2.97. The highest BCUT2D eigenvalue weighted by atomic mass is 32.1. The van der Waals surface area contributed by atoms with Crippen molar-refractivity contribution in [3.8, 4) is 22.1 Å². The quantitative estimate of drug-likeness (QED) is 0.641. The second kappa shape index (κ2) is 7.81. The van der Waals surface area contributed by atoms with E-state index in [1.807, 2.05) is 55.5 Å². The van der Waals surface area contributed by atoms with E-state index in [4.69, 9.17) is 14.6 Å². The molecule has 1 N–H and O–H groups in total. The third-order valence-electron chi connectivity index (χ3n) is 3.45. The molecule has 0 aliphatic heterocycles. The van der Waals surface area contributed by atoms with Gasteiger partial charge >= 0.3 is 5.97 Å². The number of aromatic nitrogens is 1. The van der Waals surface area contributed by atoms with E-state index in [0.717, 1.165) is 11.3 Å². The Morgan fingerprint density at radius 3 is 2.48 bits per heavy atom. The SMILES string of the molecule is Cc1ccc(OCCOc2cccc(-c3nc(C(=O)O)cs3)c2)cc1. The molecule has 128 valence electrons. The van der Waals surface area contributed by atoms with Crippen molar-refractivity contribution in [3.05, 3.63) is 65.2 Å². The molecular formula is C19H17NO4S. The average molecular weight is 355 g/mol. The van der Waals surface area contributed by atoms with Crippen LogP contribution in [0.4, 0.5) is 0 Å². The van der Waals surface area contributed by atoms with Crippen LogP contribution in [0.15, 0.2) is 53.9 Å². The van der Waals surface area contributed by atoms with Crippen LogP contribution in [0.25, 0.3) is 10.6 Å². The molecule has 0 amide bonds. The van der Waals surface area contributed by atoms with E-state index in [-0.39, 0.29) is 5.69 Å². The smallest absolute Gasteiger partial charge is 0.355 e. The lowest BCUT2D eigenvalue weighted by Gasteiger charge is -2.09. The van der Waals surface area contributed by atoms with Crippen LogP contribution < -0.4 is 9.47 Å². The molecule has 0 spiro atoms. The van der Waals surface area contributed by atoms with E-state index in [1.165, 1.54) is 22.3 Å². The van der Waals surface area contributed by atoms with Gasteiger partial charge in [-0.15, -0.1) is 11.3 Å². The van der Waals surface area contributed by atoms with Crippen molar-refractivity contribution >= 4 is 17.3 Å². The molecular weight excluding hydrogens is 338 g/mol. The molecule has 3 aromatic rings. The van der Waals surface area contributed by atoms with Crippen LogP contribution >= 0.6 is 11.3 Å². The molecule has 1 aromatic heterocycles. The van der Waals surface area contributed by atoms with Crippen LogP contribution in [0.3, 0.4) is 0 Å². The van der Waals surface area contributed by atoms with Crippen molar-refractivity contribution in [1.82, 2.24) is 4.98 Å². The summed E-state index contributed by atoms with van der Waals surface area (Å²) in [4.78, 5) is 15.0. The molecule has 0 aliphatic rings. The molecule has 0 saturated heterocycles. The number of thiazole rings is 1. The second-order valence-electron chi connectivity index (χ2n) is 5.38. The first-order chi connectivity index (χ1) is 12.1. The van der Waals surface area contributed by atoms with Crippen molar-refractivity contribution in [3.63, 3.8) is 0 Å². The Morgan fingerprint density at radius 1 is 1.08 bits per heavy atom. The number of hydrogen-bond donors (Lipinski definition) is 1. The average Bonchev–Trinajstić information content (AvgIpc) is 3.11. The maximum Gasteiger partial charge on any atom is 0.355 e. The third-order valence-corrected chi connectivity index (χ3v) is 4.34. The first kappa shape index (κ1) is 17.0. The van der Waals surface area contributed by atoms with Gasteiger partial charge < -0.3 is 14.6 Å². The van der Waals surface area contributed by atoms with Gasteiger partial charge in [-0.25, -0.2) is 9.78 Å². The van der Waals surface area contributed by atoms with E-state index in [2.05, 4.69) is 4.98 Å². The number of nitrogens with zero attached hydrogens (tertiary/aromatic N) is 1. The van der Waals surface area contributed by atoms with Gasteiger partial charge in [-0.1, -0.05) is 29.8 Å². The number of ether oxygens (including phenoxy) is 2. The number of aryl methyl sites for hydroxylation is 1. The fourth-order valence-electron chi connectivity index (χ4n) is 2.18. The van der Waals surface area contributed by atoms with Gasteiger partial charge in [-0.3, -0.25) is 0 Å². The van der Waals surface area contributed by atoms with Crippen molar-refractivity contribution in [2.24, 2.45) is 0 Å². The zero-order valence-electron chi connectivity index (χ0n) is 13.6. The Balaban J connectivity index is 1.56. The molecule has 5 nitrogen and oxygen atoms in total. The first-order valence-corrected chi connectivity index (χ1v) is 8.61. The largest absolute Gasteiger partial charge is 0.490 e. The van der Waals surface area contributed by atoms with Gasteiger partial charge in [-0.2, -0.15) is 0 Å². The Kier molecular flexibility index (Phi) is 5.30. The molecule has 0 atom stereocenters. The Bertz CT molecular complexity index is 858. The molecule has 25 heavy (non-hydrogen) atoms. The molecule has 6 heteroatoms. The maximum atomic E-state index is 10.9. The molecule has 3 rings (SSSR count). The molecule has 0 saturated carbocycles. The van der Waals surface area contributed by atoms with Gasteiger partial charge in [0.05, 0.1) is 0 Å². The number of aromatic carboxylic acids is 1. The fraction of sp³-hybridized carbons (Fsp3) is 0.158. The van der Waals surface area contributed by atoms with Gasteiger partial charge in [0, 0.05) is 10.9 Å². The highest BCUT2D eigenvalue weighted by molar-refractivity contribution is 7.13. The van der Waals surface area contributed by atoms with Gasteiger partial charge in [0.2, 0.25) is 0 Å². The van der Waals surface area contributed by atoms with Gasteiger partial charge in [0.1, 0.15) is 29.7 Å². The number of carbonyl (C=O) groups is 1. The van der Waals surface area contributed by atoms with Crippen molar-refractivity contribution in [2.45, 2.75) is 6.92 Å². The summed E-state index contributed by atoms with van der Waals surface area (Å²) in [5.74, 6) is 0.479. The summed E-state index contributed by atoms with van der Waals surface area (Å²) in [5.41, 5.74) is 2.07. The third kappa shape index (κ3) is 4.58. The summed E-state index contributed by atoms with van der Waals surface area (Å²) < 4.78 is 11.3. The summed E-state index contributed by atoms with van der Waals surface area (Å²) in [7, 11) is 0. The molecule has 0 bridgehead atoms.